The molecule has 1 aliphatic rings. The molecule has 1 N–H and O–H groups in total. The highest BCUT2D eigenvalue weighted by atomic mass is 16.5. The standard InChI is InChI=1S/C16H21N5O/c1-12-9-13(2)20-16(19-12)18-11-14-3-4-15(17-10-14)21-5-7-22-8-6-21/h3-4,9-10H,5-8,11H2,1-2H3,(H,18,19,20). The van der Waals surface area contributed by atoms with E-state index in [0.717, 1.165) is 49.1 Å². The monoisotopic (exact) mass is 299 g/mol. The maximum atomic E-state index is 5.36. The van der Waals surface area contributed by atoms with Gasteiger partial charge in [-0.2, -0.15) is 0 Å². The second kappa shape index (κ2) is 6.70. The molecular formula is C16H21N5O. The van der Waals surface area contributed by atoms with Gasteiger partial charge in [0, 0.05) is 37.2 Å². The molecule has 0 atom stereocenters. The maximum Gasteiger partial charge on any atom is 0.223 e. The summed E-state index contributed by atoms with van der Waals surface area (Å²) in [5.74, 6) is 1.67. The molecule has 2 aromatic heterocycles. The molecule has 0 aliphatic carbocycles. The van der Waals surface area contributed by atoms with E-state index in [0.29, 0.717) is 12.5 Å². The number of nitrogens with zero attached hydrogens (tertiary/aromatic N) is 4. The fourth-order valence-corrected chi connectivity index (χ4v) is 2.49. The van der Waals surface area contributed by atoms with Crippen LogP contribution in [0.5, 0.6) is 0 Å². The van der Waals surface area contributed by atoms with E-state index in [-0.39, 0.29) is 0 Å². The van der Waals surface area contributed by atoms with Gasteiger partial charge in [-0.25, -0.2) is 15.0 Å². The minimum absolute atomic E-state index is 0.662. The van der Waals surface area contributed by atoms with Crippen LogP contribution in [-0.4, -0.2) is 41.3 Å². The van der Waals surface area contributed by atoms with E-state index in [1.54, 1.807) is 0 Å². The lowest BCUT2D eigenvalue weighted by molar-refractivity contribution is 0.122. The molecule has 0 unspecified atom stereocenters. The first kappa shape index (κ1) is 14.7. The number of aromatic nitrogens is 3. The molecule has 0 radical (unpaired) electrons. The number of aryl methyl sites for hydroxylation is 2. The van der Waals surface area contributed by atoms with Gasteiger partial charge in [-0.05, 0) is 31.5 Å². The van der Waals surface area contributed by atoms with Crippen molar-refractivity contribution >= 4 is 11.8 Å². The number of rotatable bonds is 4. The lowest BCUT2D eigenvalue weighted by Gasteiger charge is -2.27. The topological polar surface area (TPSA) is 63.2 Å². The van der Waals surface area contributed by atoms with Crippen molar-refractivity contribution in [3.63, 3.8) is 0 Å². The van der Waals surface area contributed by atoms with Gasteiger partial charge in [-0.3, -0.25) is 0 Å². The van der Waals surface area contributed by atoms with Crippen LogP contribution in [-0.2, 0) is 11.3 Å². The van der Waals surface area contributed by atoms with Gasteiger partial charge in [-0.15, -0.1) is 0 Å². The third kappa shape index (κ3) is 3.71. The van der Waals surface area contributed by atoms with Crippen molar-refractivity contribution in [2.45, 2.75) is 20.4 Å². The van der Waals surface area contributed by atoms with Crippen molar-refractivity contribution in [2.75, 3.05) is 36.5 Å². The van der Waals surface area contributed by atoms with E-state index >= 15 is 0 Å². The van der Waals surface area contributed by atoms with Crippen molar-refractivity contribution in [3.05, 3.63) is 41.3 Å². The first-order valence-corrected chi connectivity index (χ1v) is 7.54. The molecule has 0 bridgehead atoms. The lowest BCUT2D eigenvalue weighted by Crippen LogP contribution is -2.36. The number of morpholine rings is 1. The van der Waals surface area contributed by atoms with Crippen LogP contribution in [0.4, 0.5) is 11.8 Å². The van der Waals surface area contributed by atoms with Gasteiger partial charge in [0.15, 0.2) is 0 Å². The average molecular weight is 299 g/mol. The van der Waals surface area contributed by atoms with Crippen LogP contribution >= 0.6 is 0 Å². The summed E-state index contributed by atoms with van der Waals surface area (Å²) >= 11 is 0. The number of ether oxygens (including phenoxy) is 1. The quantitative estimate of drug-likeness (QED) is 0.931. The summed E-state index contributed by atoms with van der Waals surface area (Å²) in [4.78, 5) is 15.5. The number of hydrogen-bond acceptors (Lipinski definition) is 6. The van der Waals surface area contributed by atoms with Crippen molar-refractivity contribution < 1.29 is 4.74 Å². The second-order valence-electron chi connectivity index (χ2n) is 5.45. The fraction of sp³-hybridized carbons (Fsp3) is 0.438. The Morgan fingerprint density at radius 1 is 1.14 bits per heavy atom. The van der Waals surface area contributed by atoms with Crippen molar-refractivity contribution in [1.29, 1.82) is 0 Å². The van der Waals surface area contributed by atoms with E-state index in [4.69, 9.17) is 4.74 Å². The van der Waals surface area contributed by atoms with Gasteiger partial charge in [0.1, 0.15) is 5.82 Å². The lowest BCUT2D eigenvalue weighted by atomic mass is 10.2. The predicted octanol–water partition coefficient (Wildman–Crippen LogP) is 1.94. The Bertz CT molecular complexity index is 603. The molecule has 0 amide bonds. The first-order chi connectivity index (χ1) is 10.7. The Balaban J connectivity index is 1.61. The van der Waals surface area contributed by atoms with Gasteiger partial charge in [0.2, 0.25) is 5.95 Å². The highest BCUT2D eigenvalue weighted by Gasteiger charge is 2.11. The van der Waals surface area contributed by atoms with Crippen molar-refractivity contribution in [3.8, 4) is 0 Å². The largest absolute Gasteiger partial charge is 0.378 e. The van der Waals surface area contributed by atoms with Crippen LogP contribution in [0.15, 0.2) is 24.4 Å². The summed E-state index contributed by atoms with van der Waals surface area (Å²) in [5, 5.41) is 3.25. The minimum Gasteiger partial charge on any atom is -0.378 e. The smallest absolute Gasteiger partial charge is 0.223 e. The number of anilines is 2. The van der Waals surface area contributed by atoms with Crippen LogP contribution < -0.4 is 10.2 Å². The SMILES string of the molecule is Cc1cc(C)nc(NCc2ccc(N3CCOCC3)nc2)n1. The van der Waals surface area contributed by atoms with Crippen LogP contribution in [0.25, 0.3) is 0 Å². The normalized spacial score (nSPS) is 14.9. The van der Waals surface area contributed by atoms with E-state index in [1.807, 2.05) is 26.1 Å². The van der Waals surface area contributed by atoms with Gasteiger partial charge < -0.3 is 15.0 Å². The van der Waals surface area contributed by atoms with Crippen LogP contribution in [0.1, 0.15) is 17.0 Å². The Kier molecular flexibility index (Phi) is 4.48. The van der Waals surface area contributed by atoms with Crippen molar-refractivity contribution in [2.24, 2.45) is 0 Å². The summed E-state index contributed by atoms with van der Waals surface area (Å²) < 4.78 is 5.36. The van der Waals surface area contributed by atoms with E-state index in [2.05, 4.69) is 37.3 Å². The van der Waals surface area contributed by atoms with E-state index < -0.39 is 0 Å². The summed E-state index contributed by atoms with van der Waals surface area (Å²) in [6.07, 6.45) is 1.90. The number of hydrogen-bond donors (Lipinski definition) is 1. The Labute approximate surface area is 130 Å². The molecule has 0 saturated carbocycles. The second-order valence-corrected chi connectivity index (χ2v) is 5.45. The van der Waals surface area contributed by atoms with Gasteiger partial charge in [0.25, 0.3) is 0 Å². The van der Waals surface area contributed by atoms with Crippen molar-refractivity contribution in [1.82, 2.24) is 15.0 Å². The zero-order valence-electron chi connectivity index (χ0n) is 13.0. The molecule has 116 valence electrons. The molecular weight excluding hydrogens is 278 g/mol. The van der Waals surface area contributed by atoms with E-state index in [9.17, 15) is 0 Å². The highest BCUT2D eigenvalue weighted by molar-refractivity contribution is 5.40. The molecule has 0 aromatic carbocycles. The Hall–Kier alpha value is -2.21. The summed E-state index contributed by atoms with van der Waals surface area (Å²) in [6.45, 7) is 7.96. The summed E-state index contributed by atoms with van der Waals surface area (Å²) in [7, 11) is 0. The molecule has 2 aromatic rings. The maximum absolute atomic E-state index is 5.36. The van der Waals surface area contributed by atoms with Gasteiger partial charge in [-0.1, -0.05) is 6.07 Å². The molecule has 6 nitrogen and oxygen atoms in total. The van der Waals surface area contributed by atoms with Gasteiger partial charge in [0.05, 0.1) is 13.2 Å². The Morgan fingerprint density at radius 3 is 2.50 bits per heavy atom. The molecule has 1 fully saturated rings. The summed E-state index contributed by atoms with van der Waals surface area (Å²) in [5.41, 5.74) is 3.05. The molecule has 0 spiro atoms. The number of pyridine rings is 1. The molecule has 1 saturated heterocycles. The highest BCUT2D eigenvalue weighted by Crippen LogP contribution is 2.13. The molecule has 22 heavy (non-hydrogen) atoms. The average Bonchev–Trinajstić information content (AvgIpc) is 2.53. The summed E-state index contributed by atoms with van der Waals surface area (Å²) in [6, 6.07) is 6.11. The molecule has 1 aliphatic heterocycles. The third-order valence-electron chi connectivity index (χ3n) is 3.58. The predicted molar refractivity (Wildman–Crippen MR) is 86.1 cm³/mol. The van der Waals surface area contributed by atoms with Crippen LogP contribution in [0.3, 0.4) is 0 Å². The van der Waals surface area contributed by atoms with Crippen LogP contribution in [0.2, 0.25) is 0 Å². The Morgan fingerprint density at radius 2 is 1.86 bits per heavy atom. The number of nitrogens with one attached hydrogen (secondary N) is 1. The molecule has 3 rings (SSSR count). The zero-order chi connectivity index (χ0) is 15.4. The fourth-order valence-electron chi connectivity index (χ4n) is 2.49. The molecule has 6 heteroatoms. The minimum atomic E-state index is 0.662. The first-order valence-electron chi connectivity index (χ1n) is 7.54. The van der Waals surface area contributed by atoms with E-state index in [1.165, 1.54) is 0 Å². The van der Waals surface area contributed by atoms with Crippen LogP contribution in [0, 0.1) is 13.8 Å². The zero-order valence-corrected chi connectivity index (χ0v) is 13.0. The van der Waals surface area contributed by atoms with Gasteiger partial charge >= 0.3 is 0 Å². The molecule has 3 heterocycles. The third-order valence-corrected chi connectivity index (χ3v) is 3.58.